The Bertz CT molecular complexity index is 4740. The molecule has 0 aromatic heterocycles. The van der Waals surface area contributed by atoms with Gasteiger partial charge in [0.2, 0.25) is 0 Å². The first kappa shape index (κ1) is 108. The second-order valence-electron chi connectivity index (χ2n) is 33.7. The maximum atomic E-state index is 12.8. The van der Waals surface area contributed by atoms with Crippen LogP contribution in [-0.2, 0) is 74.2 Å². The average Bonchev–Trinajstić information content (AvgIpc) is 1.43. The Labute approximate surface area is 826 Å². The SMILES string of the molecule is C=CCOCC(COc1ccc(C(c2ccc(OCC3CO3)cc2)c2ccc(OCC3CO3)cc2)cc1)OC(=O)NCCC[Si](OCC)(OCC)OCC.C=CCOCC(O)COc1ccc(C(c2ccc(OCC3CO3)cc2)c2ccc(OCC3CO3)cc2)cc1.CCO[SiH](CCCOC#N)OCC.[CH3-].c1cc(C(c2ccc(OCC3CO3)cc2)c2ccc(OCC3CO3)cc2)ccc1OCC1CO1. The summed E-state index contributed by atoms with van der Waals surface area (Å²) >= 11 is 0. The molecule has 7 heterocycles. The van der Waals surface area contributed by atoms with E-state index in [0.717, 1.165) is 132 Å². The van der Waals surface area contributed by atoms with Crippen LogP contribution < -0.4 is 47.9 Å². The number of nitrogens with zero attached hydrogens (tertiary/aromatic N) is 1. The molecule has 0 aliphatic carbocycles. The lowest BCUT2D eigenvalue weighted by molar-refractivity contribution is 0.00541. The molecule has 2 N–H and O–H groups in total. The average molecular weight is 1960 g/mol. The normalized spacial score (nSPS) is 18.4. The number of rotatable bonds is 63. The van der Waals surface area contributed by atoms with E-state index in [1.54, 1.807) is 18.4 Å². The lowest BCUT2D eigenvalue weighted by Crippen LogP contribution is -2.46. The van der Waals surface area contributed by atoms with Crippen molar-refractivity contribution in [2.45, 2.75) is 132 Å². The number of nitrogens with one attached hydrogen (secondary N) is 1. The molecule has 29 nitrogen and oxygen atoms in total. The first-order valence-electron chi connectivity index (χ1n) is 48.3. The Balaban J connectivity index is 0.000000180. The quantitative estimate of drug-likeness (QED) is 0.00680. The minimum atomic E-state index is -2.80. The number of nitriles is 1. The van der Waals surface area contributed by atoms with Gasteiger partial charge in [0.25, 0.3) is 6.26 Å². The zero-order valence-corrected chi connectivity index (χ0v) is 83.4. The van der Waals surface area contributed by atoms with Gasteiger partial charge in [0, 0.05) is 63.4 Å². The third-order valence-electron chi connectivity index (χ3n) is 22.5. The summed E-state index contributed by atoms with van der Waals surface area (Å²) in [5.74, 6) is 7.17. The number of alkyl carbamates (subject to hydrolysis) is 1. The number of hydrogen-bond acceptors (Lipinski definition) is 28. The zero-order chi connectivity index (χ0) is 96.9. The first-order valence-corrected chi connectivity index (χ1v) is 52.0. The van der Waals surface area contributed by atoms with E-state index < -0.39 is 36.4 Å². The molecule has 0 radical (unpaired) electrons. The fourth-order valence-corrected chi connectivity index (χ4v) is 19.1. The van der Waals surface area contributed by atoms with E-state index in [1.807, 2.05) is 144 Å². The summed E-state index contributed by atoms with van der Waals surface area (Å²) in [4.78, 5) is 12.8. The number of aliphatic hydroxyl groups is 1. The fraction of sp³-hybridized carbons (Fsp3) is 0.440. The minimum absolute atomic E-state index is 0. The molecule has 9 aromatic carbocycles. The number of aliphatic hydroxyl groups excluding tert-OH is 1. The molecule has 754 valence electrons. The van der Waals surface area contributed by atoms with Crippen molar-refractivity contribution in [1.82, 2.24) is 5.32 Å². The molecule has 9 atom stereocenters. The fourth-order valence-electron chi connectivity index (χ4n) is 14.8. The summed E-state index contributed by atoms with van der Waals surface area (Å²) in [5, 5.41) is 21.0. The van der Waals surface area contributed by atoms with Gasteiger partial charge in [0.05, 0.1) is 72.7 Å². The lowest BCUT2D eigenvalue weighted by Gasteiger charge is -2.28. The third kappa shape index (κ3) is 39.2. The zero-order valence-electron chi connectivity index (χ0n) is 81.3. The smallest absolute Gasteiger partial charge is 0.491 e. The van der Waals surface area contributed by atoms with E-state index in [-0.39, 0.29) is 94.3 Å². The topological polar surface area (TPSA) is 327 Å². The van der Waals surface area contributed by atoms with E-state index in [0.29, 0.717) is 130 Å². The van der Waals surface area contributed by atoms with Gasteiger partial charge in [-0.25, -0.2) is 4.79 Å². The van der Waals surface area contributed by atoms with Gasteiger partial charge in [-0.15, -0.1) is 13.2 Å². The van der Waals surface area contributed by atoms with E-state index in [2.05, 4.69) is 132 Å². The molecule has 9 unspecified atom stereocenters. The highest BCUT2D eigenvalue weighted by Gasteiger charge is 2.40. The van der Waals surface area contributed by atoms with Crippen molar-refractivity contribution < 1.29 is 127 Å². The second kappa shape index (κ2) is 59.1. The van der Waals surface area contributed by atoms with Gasteiger partial charge >= 0.3 is 24.2 Å². The van der Waals surface area contributed by atoms with Crippen molar-refractivity contribution >= 4 is 24.2 Å². The van der Waals surface area contributed by atoms with Crippen molar-refractivity contribution in [2.24, 2.45) is 0 Å². The number of benzene rings is 9. The first-order chi connectivity index (χ1) is 68.3. The Morgan fingerprint density at radius 2 is 0.650 bits per heavy atom. The number of ether oxygens (including phenoxy) is 20. The van der Waals surface area contributed by atoms with Crippen molar-refractivity contribution in [2.75, 3.05) is 178 Å². The molecule has 7 fully saturated rings. The molecule has 0 spiro atoms. The van der Waals surface area contributed by atoms with Gasteiger partial charge in [-0.1, -0.05) is 121 Å². The van der Waals surface area contributed by atoms with Crippen LogP contribution in [-0.4, -0.2) is 263 Å². The molecule has 31 heteroatoms. The summed E-state index contributed by atoms with van der Waals surface area (Å²) in [6.45, 7) is 31.6. The maximum absolute atomic E-state index is 12.8. The summed E-state index contributed by atoms with van der Waals surface area (Å²) in [7, 11) is -4.26. The molecule has 9 aromatic rings. The van der Waals surface area contributed by atoms with Crippen LogP contribution in [0.2, 0.25) is 12.1 Å². The molecule has 1 amide bonds. The highest BCUT2D eigenvalue weighted by molar-refractivity contribution is 6.60. The van der Waals surface area contributed by atoms with Gasteiger partial charge in [-0.3, -0.25) is 0 Å². The molecule has 0 saturated carbocycles. The molecule has 7 aliphatic heterocycles. The van der Waals surface area contributed by atoms with E-state index >= 15 is 0 Å². The van der Waals surface area contributed by atoms with Crippen molar-refractivity contribution in [3.8, 4) is 58.0 Å². The Kier molecular flexibility index (Phi) is 45.5. The second-order valence-corrected chi connectivity index (χ2v) is 38.5. The summed E-state index contributed by atoms with van der Waals surface area (Å²) in [6, 6.07) is 75.3. The van der Waals surface area contributed by atoms with Crippen LogP contribution >= 0.6 is 0 Å². The summed E-state index contributed by atoms with van der Waals surface area (Å²) < 4.78 is 139. The number of carbonyl (C=O) groups excluding carboxylic acids is 1. The maximum Gasteiger partial charge on any atom is 0.500 e. The molecular weight excluding hydrogens is 1830 g/mol. The predicted molar refractivity (Wildman–Crippen MR) is 533 cm³/mol. The van der Waals surface area contributed by atoms with E-state index in [4.69, 9.17) is 117 Å². The van der Waals surface area contributed by atoms with Crippen LogP contribution in [0.25, 0.3) is 0 Å². The van der Waals surface area contributed by atoms with Crippen LogP contribution in [0.4, 0.5) is 4.79 Å². The van der Waals surface area contributed by atoms with E-state index in [9.17, 15) is 9.90 Å². The molecular formula is C109H137N2O27Si2-. The van der Waals surface area contributed by atoms with Crippen LogP contribution in [0.15, 0.2) is 244 Å². The largest absolute Gasteiger partial charge is 0.500 e. The van der Waals surface area contributed by atoms with Crippen LogP contribution in [0, 0.1) is 18.9 Å². The van der Waals surface area contributed by atoms with Gasteiger partial charge in [-0.2, -0.15) is 5.26 Å². The predicted octanol–water partition coefficient (Wildman–Crippen LogP) is 16.7. The highest BCUT2D eigenvalue weighted by atomic mass is 28.4. The third-order valence-corrected chi connectivity index (χ3v) is 27.9. The van der Waals surface area contributed by atoms with Gasteiger partial charge in [-0.05, 0) is 213 Å². The number of carbonyl (C=O) groups is 1. The van der Waals surface area contributed by atoms with Crippen molar-refractivity contribution in [3.05, 3.63) is 301 Å². The summed E-state index contributed by atoms with van der Waals surface area (Å²) in [5.41, 5.74) is 10.3. The van der Waals surface area contributed by atoms with Crippen molar-refractivity contribution in [3.63, 3.8) is 0 Å². The minimum Gasteiger partial charge on any atom is -0.491 e. The van der Waals surface area contributed by atoms with Crippen LogP contribution in [0.3, 0.4) is 0 Å². The standard InChI is InChI=1S/C41H55NO11Si.C31H34O7.C28H28O6.C8H17NO3Si.CH3/c1-5-23-44-25-39(53-41(43)42-22-9-24-54(50-6-2,51-7-3)52-8-4)30-47-36-20-14-33(15-21-36)40(31-10-16-34(17-11-31)45-26-37-28-48-37)32-12-18-35(19-13-32)46-27-38-29-49-38;1-2-15-33-16-25(32)17-34-26-9-3-22(4-10-26)31(23-5-11-27(12-6-23)35-18-29-20-37-29)24-7-13-28(14-8-24)36-19-30-21-38-30;1-7-22(29-13-25-16-32-25)8-2-19(1)28(20-3-9-23(10-4-20)30-14-26-17-33-26)21-5-11-24(12-6-21)31-15-27-18-34-27;1-3-11-13(12-4-2)7-5-6-10-8-9;/h5,10-21,37-40H,1,6-9,22-30H2,2-4H3,(H,42,43);2-14,25,29-32H,1,15-21H2;1-12,25-28H,13-18H2;13H,3-7H2,1-2H3;1H3/q;;;;-1. The van der Waals surface area contributed by atoms with Crippen LogP contribution in [0.5, 0.6) is 51.7 Å². The van der Waals surface area contributed by atoms with Crippen LogP contribution in [0.1, 0.15) is 115 Å². The van der Waals surface area contributed by atoms with Gasteiger partial charge in [0.1, 0.15) is 167 Å². The Morgan fingerprint density at radius 1 is 0.393 bits per heavy atom. The Hall–Kier alpha value is -10.9. The lowest BCUT2D eigenvalue weighted by atomic mass is 9.85. The van der Waals surface area contributed by atoms with Crippen molar-refractivity contribution in [1.29, 1.82) is 5.26 Å². The molecule has 16 rings (SSSR count). The number of epoxide rings is 7. The number of amides is 1. The molecule has 140 heavy (non-hydrogen) atoms. The molecule has 7 saturated heterocycles. The molecule has 0 bridgehead atoms. The van der Waals surface area contributed by atoms with Gasteiger partial charge < -0.3 is 135 Å². The highest BCUT2D eigenvalue weighted by Crippen LogP contribution is 2.40. The Morgan fingerprint density at radius 3 is 0.893 bits per heavy atom. The van der Waals surface area contributed by atoms with E-state index in [1.165, 1.54) is 16.7 Å². The summed E-state index contributed by atoms with van der Waals surface area (Å²) in [6.07, 6.45) is 6.01. The molecule has 7 aliphatic rings. The number of hydrogen-bond donors (Lipinski definition) is 2. The monoisotopic (exact) mass is 1960 g/mol. The van der Waals surface area contributed by atoms with Gasteiger partial charge in [0.15, 0.2) is 6.10 Å².